The van der Waals surface area contributed by atoms with Gasteiger partial charge in [0.25, 0.3) is 5.91 Å². The molecule has 2 heterocycles. The number of likely N-dealkylation sites (tertiary alicyclic amines) is 1. The number of benzene rings is 1. The summed E-state index contributed by atoms with van der Waals surface area (Å²) in [6, 6.07) is 8.25. The van der Waals surface area contributed by atoms with Gasteiger partial charge in [0.15, 0.2) is 0 Å². The lowest BCUT2D eigenvalue weighted by molar-refractivity contribution is 0.0797. The molecule has 2 aromatic rings. The van der Waals surface area contributed by atoms with E-state index in [2.05, 4.69) is 60.4 Å². The number of halogens is 1. The highest BCUT2D eigenvalue weighted by Gasteiger charge is 2.29. The Morgan fingerprint density at radius 1 is 1.14 bits per heavy atom. The van der Waals surface area contributed by atoms with Crippen LogP contribution in [-0.4, -0.2) is 45.8 Å². The predicted octanol–water partition coefficient (Wildman–Crippen LogP) is 4.20. The van der Waals surface area contributed by atoms with Crippen molar-refractivity contribution in [2.45, 2.75) is 59.0 Å². The molecule has 1 saturated heterocycles. The molecule has 0 saturated carbocycles. The van der Waals surface area contributed by atoms with Crippen molar-refractivity contribution in [1.82, 2.24) is 20.0 Å². The number of amides is 1. The van der Waals surface area contributed by atoms with E-state index in [1.54, 1.807) is 4.68 Å². The van der Waals surface area contributed by atoms with Crippen LogP contribution in [0.15, 0.2) is 24.3 Å². The van der Waals surface area contributed by atoms with Crippen molar-refractivity contribution in [1.29, 1.82) is 0 Å². The van der Waals surface area contributed by atoms with Gasteiger partial charge in [-0.2, -0.15) is 5.10 Å². The fourth-order valence-corrected chi connectivity index (χ4v) is 4.10. The number of hydrogen-bond donors (Lipinski definition) is 1. The highest BCUT2D eigenvalue weighted by atomic mass is 35.5. The number of rotatable bonds is 6. The van der Waals surface area contributed by atoms with E-state index in [1.807, 2.05) is 6.92 Å². The lowest BCUT2D eigenvalue weighted by atomic mass is 9.98. The molecule has 0 aliphatic carbocycles. The van der Waals surface area contributed by atoms with Crippen LogP contribution in [-0.2, 0) is 6.54 Å². The lowest BCUT2D eigenvalue weighted by Gasteiger charge is -2.41. The lowest BCUT2D eigenvalue weighted by Crippen LogP contribution is -2.53. The zero-order valence-electron chi connectivity index (χ0n) is 17.4. The smallest absolute Gasteiger partial charge is 0.256 e. The minimum atomic E-state index is -0.150. The Labute approximate surface area is 173 Å². The van der Waals surface area contributed by atoms with Crippen LogP contribution in [0.5, 0.6) is 0 Å². The summed E-state index contributed by atoms with van der Waals surface area (Å²) in [5.41, 5.74) is 3.37. The van der Waals surface area contributed by atoms with Gasteiger partial charge < -0.3 is 5.32 Å². The third-order valence-corrected chi connectivity index (χ3v) is 6.02. The molecule has 0 atom stereocenters. The number of piperidine rings is 1. The SMILES string of the molecule is Cc1ccc(Cn2nc(C)c(C(=O)NCC(C)(C)N3CCCCC3)c2Cl)cc1. The monoisotopic (exact) mass is 402 g/mol. The third kappa shape index (κ3) is 4.76. The van der Waals surface area contributed by atoms with E-state index >= 15 is 0 Å². The number of nitrogens with one attached hydrogen (secondary N) is 1. The normalized spacial score (nSPS) is 15.6. The van der Waals surface area contributed by atoms with E-state index in [-0.39, 0.29) is 11.4 Å². The van der Waals surface area contributed by atoms with Crippen LogP contribution in [0.1, 0.15) is 60.3 Å². The van der Waals surface area contributed by atoms with Gasteiger partial charge in [0, 0.05) is 12.1 Å². The highest BCUT2D eigenvalue weighted by molar-refractivity contribution is 6.33. The van der Waals surface area contributed by atoms with Crippen molar-refractivity contribution in [3.8, 4) is 0 Å². The molecule has 5 nitrogen and oxygen atoms in total. The Balaban J connectivity index is 1.68. The Hall–Kier alpha value is -1.85. The van der Waals surface area contributed by atoms with Crippen molar-refractivity contribution >= 4 is 17.5 Å². The minimum absolute atomic E-state index is 0.0750. The number of carbonyl (C=O) groups excluding carboxylic acids is 1. The maximum Gasteiger partial charge on any atom is 0.256 e. The summed E-state index contributed by atoms with van der Waals surface area (Å²) in [6.07, 6.45) is 3.76. The molecular formula is C22H31ClN4O. The summed E-state index contributed by atoms with van der Waals surface area (Å²) < 4.78 is 1.70. The second kappa shape index (κ2) is 8.66. The first-order valence-corrected chi connectivity index (χ1v) is 10.5. The Morgan fingerprint density at radius 3 is 2.43 bits per heavy atom. The number of hydrogen-bond acceptors (Lipinski definition) is 3. The molecule has 0 radical (unpaired) electrons. The van der Waals surface area contributed by atoms with Gasteiger partial charge in [-0.25, -0.2) is 4.68 Å². The summed E-state index contributed by atoms with van der Waals surface area (Å²) in [7, 11) is 0. The van der Waals surface area contributed by atoms with Crippen molar-refractivity contribution in [2.24, 2.45) is 0 Å². The largest absolute Gasteiger partial charge is 0.350 e. The van der Waals surface area contributed by atoms with Crippen LogP contribution in [0.4, 0.5) is 0 Å². The summed E-state index contributed by atoms with van der Waals surface area (Å²) in [6.45, 7) is 11.6. The molecule has 1 aliphatic heterocycles. The number of nitrogens with zero attached hydrogens (tertiary/aromatic N) is 3. The molecule has 152 valence electrons. The Morgan fingerprint density at radius 2 is 1.79 bits per heavy atom. The van der Waals surface area contributed by atoms with E-state index in [0.717, 1.165) is 18.7 Å². The van der Waals surface area contributed by atoms with Crippen LogP contribution in [0.2, 0.25) is 5.15 Å². The standard InChI is InChI=1S/C22H31ClN4O/c1-16-8-10-18(11-9-16)14-27-20(23)19(17(2)25-27)21(28)24-15-22(3,4)26-12-6-5-7-13-26/h8-11H,5-7,12-15H2,1-4H3,(H,24,28). The summed E-state index contributed by atoms with van der Waals surface area (Å²) >= 11 is 6.53. The molecular weight excluding hydrogens is 372 g/mol. The number of aryl methyl sites for hydroxylation is 2. The molecule has 0 spiro atoms. The summed E-state index contributed by atoms with van der Waals surface area (Å²) in [4.78, 5) is 15.3. The molecule has 0 bridgehead atoms. The second-order valence-corrected chi connectivity index (χ2v) is 8.80. The topological polar surface area (TPSA) is 50.2 Å². The number of aromatic nitrogens is 2. The molecule has 1 aromatic carbocycles. The molecule has 0 unspecified atom stereocenters. The maximum atomic E-state index is 12.9. The Bertz CT molecular complexity index is 820. The molecule has 1 fully saturated rings. The van der Waals surface area contributed by atoms with E-state index in [0.29, 0.717) is 29.5 Å². The summed E-state index contributed by atoms with van der Waals surface area (Å²) in [5.74, 6) is -0.150. The molecule has 1 aromatic heterocycles. The van der Waals surface area contributed by atoms with Crippen LogP contribution < -0.4 is 5.32 Å². The molecule has 28 heavy (non-hydrogen) atoms. The molecule has 6 heteroatoms. The van der Waals surface area contributed by atoms with Crippen LogP contribution in [0.3, 0.4) is 0 Å². The molecule has 1 aliphatic rings. The van der Waals surface area contributed by atoms with Gasteiger partial charge in [0.2, 0.25) is 0 Å². The van der Waals surface area contributed by atoms with Gasteiger partial charge in [0.1, 0.15) is 5.15 Å². The highest BCUT2D eigenvalue weighted by Crippen LogP contribution is 2.23. The van der Waals surface area contributed by atoms with Crippen LogP contribution in [0, 0.1) is 13.8 Å². The van der Waals surface area contributed by atoms with Crippen molar-refractivity contribution in [3.05, 3.63) is 51.8 Å². The van der Waals surface area contributed by atoms with Crippen molar-refractivity contribution in [3.63, 3.8) is 0 Å². The average Bonchev–Trinajstić information content (AvgIpc) is 2.96. The first-order valence-electron chi connectivity index (χ1n) is 10.1. The van der Waals surface area contributed by atoms with Crippen molar-refractivity contribution < 1.29 is 4.79 Å². The average molecular weight is 403 g/mol. The third-order valence-electron chi connectivity index (χ3n) is 5.64. The predicted molar refractivity (Wildman–Crippen MR) is 114 cm³/mol. The fraction of sp³-hybridized carbons (Fsp3) is 0.545. The zero-order valence-corrected chi connectivity index (χ0v) is 18.1. The van der Waals surface area contributed by atoms with Gasteiger partial charge in [-0.1, -0.05) is 47.9 Å². The van der Waals surface area contributed by atoms with Crippen LogP contribution in [0.25, 0.3) is 0 Å². The number of carbonyl (C=O) groups is 1. The van der Waals surface area contributed by atoms with Crippen molar-refractivity contribution in [2.75, 3.05) is 19.6 Å². The van der Waals surface area contributed by atoms with Crippen LogP contribution >= 0.6 is 11.6 Å². The molecule has 3 rings (SSSR count). The van der Waals surface area contributed by atoms with Gasteiger partial charge in [0.05, 0.1) is 17.8 Å². The minimum Gasteiger partial charge on any atom is -0.350 e. The van der Waals surface area contributed by atoms with E-state index in [4.69, 9.17) is 11.6 Å². The van der Waals surface area contributed by atoms with E-state index in [9.17, 15) is 4.79 Å². The van der Waals surface area contributed by atoms with E-state index < -0.39 is 0 Å². The first kappa shape index (κ1) is 20.9. The molecule has 1 N–H and O–H groups in total. The first-order chi connectivity index (χ1) is 13.3. The Kier molecular flexibility index (Phi) is 6.46. The van der Waals surface area contributed by atoms with Gasteiger partial charge in [-0.3, -0.25) is 9.69 Å². The second-order valence-electron chi connectivity index (χ2n) is 8.44. The fourth-order valence-electron chi connectivity index (χ4n) is 3.78. The quantitative estimate of drug-likeness (QED) is 0.787. The van der Waals surface area contributed by atoms with E-state index in [1.165, 1.54) is 24.8 Å². The van der Waals surface area contributed by atoms with Gasteiger partial charge >= 0.3 is 0 Å². The van der Waals surface area contributed by atoms with Gasteiger partial charge in [-0.15, -0.1) is 0 Å². The summed E-state index contributed by atoms with van der Waals surface area (Å²) in [5, 5.41) is 7.98. The zero-order chi connectivity index (χ0) is 20.3. The maximum absolute atomic E-state index is 12.9. The van der Waals surface area contributed by atoms with Gasteiger partial charge in [-0.05, 0) is 59.2 Å². The molecule has 1 amide bonds.